The zero-order chi connectivity index (χ0) is 30.3. The van der Waals surface area contributed by atoms with Crippen LogP contribution in [0.5, 0.6) is 5.75 Å². The van der Waals surface area contributed by atoms with Crippen molar-refractivity contribution in [2.45, 2.75) is 42.3 Å². The van der Waals surface area contributed by atoms with Gasteiger partial charge in [-0.1, -0.05) is 96.5 Å². The van der Waals surface area contributed by atoms with Gasteiger partial charge in [0.1, 0.15) is 12.4 Å². The normalized spacial score (nSPS) is 16.2. The number of nitrogens with zero attached hydrogens (tertiary/aromatic N) is 2. The Kier molecular flexibility index (Phi) is 10.2. The van der Waals surface area contributed by atoms with Crippen molar-refractivity contribution >= 4 is 21.6 Å². The van der Waals surface area contributed by atoms with Gasteiger partial charge in [0.05, 0.1) is 15.5 Å². The number of benzene rings is 4. The summed E-state index contributed by atoms with van der Waals surface area (Å²) in [6, 6.07) is 34.1. The Morgan fingerprint density at radius 1 is 0.907 bits per heavy atom. The molecule has 1 unspecified atom stereocenters. The summed E-state index contributed by atoms with van der Waals surface area (Å²) in [6.45, 7) is 3.02. The molecule has 1 heterocycles. The number of ether oxygens (including phenoxy) is 1. The van der Waals surface area contributed by atoms with Crippen molar-refractivity contribution in [3.8, 4) is 5.75 Å². The number of hydrogen-bond acceptors (Lipinski definition) is 5. The molecule has 1 N–H and O–H groups in total. The molecule has 1 fully saturated rings. The first-order valence-electron chi connectivity index (χ1n) is 14.7. The van der Waals surface area contributed by atoms with Crippen LogP contribution in [0.4, 0.5) is 0 Å². The van der Waals surface area contributed by atoms with Crippen LogP contribution in [0.15, 0.2) is 114 Å². The van der Waals surface area contributed by atoms with Crippen molar-refractivity contribution < 1.29 is 18.3 Å². The van der Waals surface area contributed by atoms with Gasteiger partial charge in [0.2, 0.25) is 10.0 Å². The van der Waals surface area contributed by atoms with Gasteiger partial charge in [-0.25, -0.2) is 12.7 Å². The maximum atomic E-state index is 13.4. The summed E-state index contributed by atoms with van der Waals surface area (Å²) < 4.78 is 34.2. The molecule has 4 aromatic carbocycles. The lowest BCUT2D eigenvalue weighted by atomic mass is 9.84. The van der Waals surface area contributed by atoms with Crippen LogP contribution in [0, 0.1) is 0 Å². The Bertz CT molecular complexity index is 1560. The van der Waals surface area contributed by atoms with Crippen LogP contribution in [0.1, 0.15) is 41.9 Å². The Labute approximate surface area is 260 Å². The van der Waals surface area contributed by atoms with Crippen LogP contribution in [0.25, 0.3) is 0 Å². The van der Waals surface area contributed by atoms with Gasteiger partial charge >= 0.3 is 0 Å². The van der Waals surface area contributed by atoms with Gasteiger partial charge in [-0.3, -0.25) is 0 Å². The summed E-state index contributed by atoms with van der Waals surface area (Å²) in [5, 5.41) is 11.8. The molecule has 8 heteroatoms. The number of likely N-dealkylation sites (tertiary alicyclic amines) is 1. The van der Waals surface area contributed by atoms with E-state index in [1.807, 2.05) is 84.9 Å². The van der Waals surface area contributed by atoms with Crippen molar-refractivity contribution in [3.05, 3.63) is 131 Å². The highest BCUT2D eigenvalue weighted by atomic mass is 35.5. The van der Waals surface area contributed by atoms with E-state index in [9.17, 15) is 13.5 Å². The summed E-state index contributed by atoms with van der Waals surface area (Å²) in [6.07, 6.45) is 2.05. The zero-order valence-electron chi connectivity index (χ0n) is 24.5. The van der Waals surface area contributed by atoms with Crippen molar-refractivity contribution in [2.24, 2.45) is 0 Å². The van der Waals surface area contributed by atoms with Gasteiger partial charge in [-0.15, -0.1) is 0 Å². The smallest absolute Gasteiger partial charge is 0.242 e. The van der Waals surface area contributed by atoms with Gasteiger partial charge in [0.25, 0.3) is 0 Å². The van der Waals surface area contributed by atoms with Gasteiger partial charge in [-0.05, 0) is 72.7 Å². The van der Waals surface area contributed by atoms with E-state index >= 15 is 0 Å². The van der Waals surface area contributed by atoms with Crippen molar-refractivity contribution in [1.29, 1.82) is 0 Å². The molecule has 4 aromatic rings. The highest BCUT2D eigenvalue weighted by Crippen LogP contribution is 2.35. The highest BCUT2D eigenvalue weighted by molar-refractivity contribution is 7.89. The SMILES string of the molecule is CN(CC(CCN1CCC(O)(c2ccccc2)CC1)c1ccc(OCc2ccccc2)c(Cl)c1)S(=O)(=O)c1ccccc1. The number of halogens is 1. The molecule has 226 valence electrons. The predicted molar refractivity (Wildman–Crippen MR) is 172 cm³/mol. The molecular formula is C35H39ClN2O4S. The summed E-state index contributed by atoms with van der Waals surface area (Å²) in [5.74, 6) is 0.494. The minimum atomic E-state index is -3.66. The molecule has 0 aliphatic carbocycles. The molecule has 0 amide bonds. The van der Waals surface area contributed by atoms with Crippen LogP contribution >= 0.6 is 11.6 Å². The molecule has 0 bridgehead atoms. The second-order valence-corrected chi connectivity index (χ2v) is 13.7. The van der Waals surface area contributed by atoms with Crippen LogP contribution in [0.3, 0.4) is 0 Å². The first-order chi connectivity index (χ1) is 20.7. The average Bonchev–Trinajstić information content (AvgIpc) is 3.04. The Morgan fingerprint density at radius 2 is 1.51 bits per heavy atom. The number of aliphatic hydroxyl groups is 1. The lowest BCUT2D eigenvalue weighted by Crippen LogP contribution is -2.43. The molecule has 5 rings (SSSR count). The molecular weight excluding hydrogens is 580 g/mol. The van der Waals surface area contributed by atoms with Crippen LogP contribution in [-0.2, 0) is 22.2 Å². The minimum Gasteiger partial charge on any atom is -0.487 e. The standard InChI is InChI=1S/C35H39ClN2O4S/c1-37(43(40,41)32-15-9-4-10-16-32)26-30(19-22-38-23-20-35(39,21-24-38)31-13-7-3-8-14-31)29-17-18-34(33(36)25-29)42-27-28-11-5-2-6-12-28/h2-18,25,30,39H,19-24,26-27H2,1H3. The Balaban J connectivity index is 1.30. The first-order valence-corrected chi connectivity index (χ1v) is 16.5. The summed E-state index contributed by atoms with van der Waals surface area (Å²) in [4.78, 5) is 2.63. The molecule has 0 radical (unpaired) electrons. The lowest BCUT2D eigenvalue weighted by molar-refractivity contribution is -0.0263. The van der Waals surface area contributed by atoms with Crippen molar-refractivity contribution in [3.63, 3.8) is 0 Å². The molecule has 0 saturated carbocycles. The zero-order valence-corrected chi connectivity index (χ0v) is 26.1. The van der Waals surface area contributed by atoms with Crippen molar-refractivity contribution in [2.75, 3.05) is 33.2 Å². The fourth-order valence-corrected chi connectivity index (χ4v) is 7.17. The van der Waals surface area contributed by atoms with E-state index in [2.05, 4.69) is 4.90 Å². The minimum absolute atomic E-state index is 0.0981. The van der Waals surface area contributed by atoms with Crippen LogP contribution < -0.4 is 4.74 Å². The highest BCUT2D eigenvalue weighted by Gasteiger charge is 2.34. The Hall–Kier alpha value is -3.20. The third-order valence-corrected chi connectivity index (χ3v) is 10.5. The predicted octanol–water partition coefficient (Wildman–Crippen LogP) is 6.70. The van der Waals surface area contributed by atoms with Gasteiger partial charge in [0.15, 0.2) is 0 Å². The van der Waals surface area contributed by atoms with Gasteiger partial charge in [0, 0.05) is 26.7 Å². The molecule has 1 aliphatic heterocycles. The van der Waals surface area contributed by atoms with E-state index in [1.54, 1.807) is 31.3 Å². The molecule has 1 atom stereocenters. The third-order valence-electron chi connectivity index (χ3n) is 8.38. The molecule has 1 saturated heterocycles. The summed E-state index contributed by atoms with van der Waals surface area (Å²) in [7, 11) is -2.03. The van der Waals surface area contributed by atoms with Gasteiger partial charge in [-0.2, -0.15) is 0 Å². The number of sulfonamides is 1. The maximum absolute atomic E-state index is 13.4. The number of hydrogen-bond donors (Lipinski definition) is 1. The summed E-state index contributed by atoms with van der Waals surface area (Å²) in [5.41, 5.74) is 2.16. The first kappa shape index (κ1) is 31.2. The van der Waals surface area contributed by atoms with E-state index in [0.29, 0.717) is 36.8 Å². The molecule has 43 heavy (non-hydrogen) atoms. The topological polar surface area (TPSA) is 70.1 Å². The number of likely N-dealkylation sites (N-methyl/N-ethyl adjacent to an activating group) is 1. The van der Waals surface area contributed by atoms with Gasteiger partial charge < -0.3 is 14.7 Å². The van der Waals surface area contributed by atoms with E-state index < -0.39 is 15.6 Å². The second kappa shape index (κ2) is 14.1. The van der Waals surface area contributed by atoms with Crippen LogP contribution in [0.2, 0.25) is 5.02 Å². The largest absolute Gasteiger partial charge is 0.487 e. The van der Waals surface area contributed by atoms with E-state index in [-0.39, 0.29) is 10.8 Å². The molecule has 0 aromatic heterocycles. The number of piperidine rings is 1. The fourth-order valence-electron chi connectivity index (χ4n) is 5.69. The van der Waals surface area contributed by atoms with Crippen LogP contribution in [-0.4, -0.2) is 56.0 Å². The van der Waals surface area contributed by atoms with E-state index in [0.717, 1.165) is 42.7 Å². The Morgan fingerprint density at radius 3 is 2.14 bits per heavy atom. The molecule has 6 nitrogen and oxygen atoms in total. The quantitative estimate of drug-likeness (QED) is 0.191. The fraction of sp³-hybridized carbons (Fsp3) is 0.314. The van der Waals surface area contributed by atoms with E-state index in [4.69, 9.17) is 16.3 Å². The monoisotopic (exact) mass is 618 g/mol. The lowest BCUT2D eigenvalue weighted by Gasteiger charge is -2.39. The second-order valence-electron chi connectivity index (χ2n) is 11.3. The van der Waals surface area contributed by atoms with Crippen molar-refractivity contribution in [1.82, 2.24) is 9.21 Å². The molecule has 1 aliphatic rings. The summed E-state index contributed by atoms with van der Waals surface area (Å²) >= 11 is 6.71. The maximum Gasteiger partial charge on any atom is 0.242 e. The molecule has 0 spiro atoms. The third kappa shape index (κ3) is 7.85. The average molecular weight is 619 g/mol. The number of rotatable bonds is 12. The van der Waals surface area contributed by atoms with E-state index in [1.165, 1.54) is 4.31 Å².